The molecule has 0 unspecified atom stereocenters. The monoisotopic (exact) mass is 286 g/mol. The van der Waals surface area contributed by atoms with Gasteiger partial charge in [0.1, 0.15) is 0 Å². The van der Waals surface area contributed by atoms with Crippen molar-refractivity contribution in [2.24, 2.45) is 0 Å². The number of nitrogens with zero attached hydrogens (tertiary/aromatic N) is 2. The minimum Gasteiger partial charge on any atom is -0.308 e. The number of pyridine rings is 1. The average molecular weight is 287 g/mol. The van der Waals surface area contributed by atoms with Gasteiger partial charge >= 0.3 is 0 Å². The van der Waals surface area contributed by atoms with E-state index in [-0.39, 0.29) is 12.3 Å². The first kappa shape index (κ1) is 12.6. The molecule has 0 radical (unpaired) electrons. The van der Waals surface area contributed by atoms with Gasteiger partial charge in [0, 0.05) is 17.4 Å². The van der Waals surface area contributed by atoms with Crippen LogP contribution in [0.15, 0.2) is 42.7 Å². The van der Waals surface area contributed by atoms with Gasteiger partial charge in [-0.1, -0.05) is 23.7 Å². The van der Waals surface area contributed by atoms with Gasteiger partial charge in [-0.3, -0.25) is 14.9 Å². The number of halogens is 1. The molecule has 1 amide bonds. The number of benzene rings is 1. The van der Waals surface area contributed by atoms with Crippen LogP contribution in [0.2, 0.25) is 5.02 Å². The lowest BCUT2D eigenvalue weighted by atomic mass is 10.1. The van der Waals surface area contributed by atoms with E-state index in [0.29, 0.717) is 10.8 Å². The summed E-state index contributed by atoms with van der Waals surface area (Å²) in [6, 6.07) is 9.02. The Morgan fingerprint density at radius 3 is 3.10 bits per heavy atom. The lowest BCUT2D eigenvalue weighted by molar-refractivity contribution is -0.115. The van der Waals surface area contributed by atoms with Gasteiger partial charge in [-0.05, 0) is 23.8 Å². The number of rotatable bonds is 3. The topological polar surface area (TPSA) is 70.7 Å². The maximum atomic E-state index is 12.0. The fourth-order valence-electron chi connectivity index (χ4n) is 1.96. The Morgan fingerprint density at radius 2 is 2.25 bits per heavy atom. The number of hydrogen-bond donors (Lipinski definition) is 2. The molecule has 1 aromatic carbocycles. The normalized spacial score (nSPS) is 10.7. The Hall–Kier alpha value is -2.40. The van der Waals surface area contributed by atoms with Gasteiger partial charge in [0.15, 0.2) is 5.82 Å². The van der Waals surface area contributed by atoms with Crippen LogP contribution in [0.5, 0.6) is 0 Å². The van der Waals surface area contributed by atoms with Crippen LogP contribution in [0.3, 0.4) is 0 Å². The summed E-state index contributed by atoms with van der Waals surface area (Å²) < 4.78 is 0. The molecular formula is C14H11ClN4O. The summed E-state index contributed by atoms with van der Waals surface area (Å²) >= 11 is 5.89. The SMILES string of the molecule is O=C(Cc1cccc(Cl)c1)Nc1n[nH]c2ccncc12. The zero-order valence-corrected chi connectivity index (χ0v) is 11.2. The van der Waals surface area contributed by atoms with Crippen molar-refractivity contribution in [3.63, 3.8) is 0 Å². The Balaban J connectivity index is 1.76. The van der Waals surface area contributed by atoms with Gasteiger partial charge in [0.25, 0.3) is 0 Å². The molecule has 3 aromatic rings. The van der Waals surface area contributed by atoms with Crippen LogP contribution < -0.4 is 5.32 Å². The highest BCUT2D eigenvalue weighted by atomic mass is 35.5. The van der Waals surface area contributed by atoms with Crippen molar-refractivity contribution in [1.29, 1.82) is 0 Å². The largest absolute Gasteiger partial charge is 0.308 e. The lowest BCUT2D eigenvalue weighted by Crippen LogP contribution is -2.14. The average Bonchev–Trinajstić information content (AvgIpc) is 2.82. The molecule has 0 saturated carbocycles. The molecular weight excluding hydrogens is 276 g/mol. The van der Waals surface area contributed by atoms with E-state index in [1.807, 2.05) is 12.1 Å². The second-order valence-electron chi connectivity index (χ2n) is 4.35. The molecule has 2 N–H and O–H groups in total. The van der Waals surface area contributed by atoms with E-state index in [0.717, 1.165) is 16.5 Å². The molecule has 0 spiro atoms. The summed E-state index contributed by atoms with van der Waals surface area (Å²) in [5.41, 5.74) is 1.69. The molecule has 0 atom stereocenters. The Morgan fingerprint density at radius 1 is 1.35 bits per heavy atom. The van der Waals surface area contributed by atoms with Gasteiger partial charge in [-0.25, -0.2) is 0 Å². The zero-order chi connectivity index (χ0) is 13.9. The molecule has 0 aliphatic heterocycles. The highest BCUT2D eigenvalue weighted by molar-refractivity contribution is 6.30. The quantitative estimate of drug-likeness (QED) is 0.778. The van der Waals surface area contributed by atoms with Crippen molar-refractivity contribution in [3.8, 4) is 0 Å². The molecule has 0 aliphatic rings. The summed E-state index contributed by atoms with van der Waals surface area (Å²) in [7, 11) is 0. The number of nitrogens with one attached hydrogen (secondary N) is 2. The van der Waals surface area contributed by atoms with Crippen LogP contribution in [-0.2, 0) is 11.2 Å². The number of fused-ring (bicyclic) bond motifs is 1. The first-order chi connectivity index (χ1) is 9.72. The molecule has 2 heterocycles. The smallest absolute Gasteiger partial charge is 0.230 e. The highest BCUT2D eigenvalue weighted by Gasteiger charge is 2.10. The molecule has 0 saturated heterocycles. The van der Waals surface area contributed by atoms with Gasteiger partial charge in [0.05, 0.1) is 17.3 Å². The van der Waals surface area contributed by atoms with E-state index in [9.17, 15) is 4.79 Å². The van der Waals surface area contributed by atoms with Gasteiger partial charge < -0.3 is 5.32 Å². The number of aromatic amines is 1. The lowest BCUT2D eigenvalue weighted by Gasteiger charge is -2.03. The maximum absolute atomic E-state index is 12.0. The van der Waals surface area contributed by atoms with E-state index in [2.05, 4.69) is 20.5 Å². The van der Waals surface area contributed by atoms with Crippen LogP contribution in [0.1, 0.15) is 5.56 Å². The minimum atomic E-state index is -0.149. The van der Waals surface area contributed by atoms with Crippen molar-refractivity contribution in [1.82, 2.24) is 15.2 Å². The third-order valence-corrected chi connectivity index (χ3v) is 3.11. The first-order valence-corrected chi connectivity index (χ1v) is 6.42. The van der Waals surface area contributed by atoms with Crippen molar-refractivity contribution < 1.29 is 4.79 Å². The molecule has 5 nitrogen and oxygen atoms in total. The Labute approximate surface area is 120 Å². The van der Waals surface area contributed by atoms with Gasteiger partial charge in [-0.15, -0.1) is 0 Å². The van der Waals surface area contributed by atoms with Crippen LogP contribution >= 0.6 is 11.6 Å². The standard InChI is InChI=1S/C14H11ClN4O/c15-10-3-1-2-9(6-10)7-13(20)17-14-11-8-16-5-4-12(11)18-19-14/h1-6,8H,7H2,(H2,17,18,19,20). The van der Waals surface area contributed by atoms with Gasteiger partial charge in [-0.2, -0.15) is 5.10 Å². The third kappa shape index (κ3) is 2.62. The summed E-state index contributed by atoms with van der Waals surface area (Å²) in [5, 5.41) is 11.1. The number of H-pyrrole nitrogens is 1. The van der Waals surface area contributed by atoms with E-state index in [4.69, 9.17) is 11.6 Å². The van der Waals surface area contributed by atoms with Crippen molar-refractivity contribution in [2.45, 2.75) is 6.42 Å². The highest BCUT2D eigenvalue weighted by Crippen LogP contribution is 2.19. The number of anilines is 1. The predicted molar refractivity (Wildman–Crippen MR) is 77.7 cm³/mol. The summed E-state index contributed by atoms with van der Waals surface area (Å²) in [5.74, 6) is 0.338. The van der Waals surface area contributed by atoms with Crippen molar-refractivity contribution in [2.75, 3.05) is 5.32 Å². The number of carbonyl (C=O) groups is 1. The van der Waals surface area contributed by atoms with E-state index >= 15 is 0 Å². The van der Waals surface area contributed by atoms with E-state index < -0.39 is 0 Å². The third-order valence-electron chi connectivity index (χ3n) is 2.88. The Bertz CT molecular complexity index is 768. The molecule has 0 aliphatic carbocycles. The molecule has 2 aromatic heterocycles. The Kier molecular flexibility index (Phi) is 3.35. The second-order valence-corrected chi connectivity index (χ2v) is 4.78. The summed E-state index contributed by atoms with van der Waals surface area (Å²) in [6.07, 6.45) is 3.57. The maximum Gasteiger partial charge on any atom is 0.230 e. The van der Waals surface area contributed by atoms with E-state index in [1.54, 1.807) is 30.6 Å². The minimum absolute atomic E-state index is 0.149. The number of amides is 1. The second kappa shape index (κ2) is 5.30. The predicted octanol–water partition coefficient (Wildman–Crippen LogP) is 2.79. The molecule has 3 rings (SSSR count). The molecule has 0 bridgehead atoms. The fourth-order valence-corrected chi connectivity index (χ4v) is 2.17. The molecule has 6 heteroatoms. The summed E-state index contributed by atoms with van der Waals surface area (Å²) in [6.45, 7) is 0. The summed E-state index contributed by atoms with van der Waals surface area (Å²) in [4.78, 5) is 16.0. The first-order valence-electron chi connectivity index (χ1n) is 6.05. The van der Waals surface area contributed by atoms with Crippen LogP contribution in [0, 0.1) is 0 Å². The van der Waals surface area contributed by atoms with Gasteiger partial charge in [0.2, 0.25) is 5.91 Å². The van der Waals surface area contributed by atoms with Crippen LogP contribution in [-0.4, -0.2) is 21.1 Å². The van der Waals surface area contributed by atoms with Crippen LogP contribution in [0.4, 0.5) is 5.82 Å². The van der Waals surface area contributed by atoms with Crippen molar-refractivity contribution in [3.05, 3.63) is 53.3 Å². The zero-order valence-electron chi connectivity index (χ0n) is 10.4. The van der Waals surface area contributed by atoms with Crippen LogP contribution in [0.25, 0.3) is 10.9 Å². The number of hydrogen-bond acceptors (Lipinski definition) is 3. The molecule has 0 fully saturated rings. The number of aromatic nitrogens is 3. The molecule has 100 valence electrons. The van der Waals surface area contributed by atoms with E-state index in [1.165, 1.54) is 0 Å². The van der Waals surface area contributed by atoms with Crippen molar-refractivity contribution >= 4 is 34.2 Å². The molecule has 20 heavy (non-hydrogen) atoms. The number of carbonyl (C=O) groups excluding carboxylic acids is 1. The fraction of sp³-hybridized carbons (Fsp3) is 0.0714.